The molecule has 30 heavy (non-hydrogen) atoms. The van der Waals surface area contributed by atoms with Crippen molar-refractivity contribution in [3.8, 4) is 0 Å². The maximum absolute atomic E-state index is 12.8. The Morgan fingerprint density at radius 3 is 2.13 bits per heavy atom. The fraction of sp³-hybridized carbons (Fsp3) is 0.273. The molecule has 0 spiro atoms. The Bertz CT molecular complexity index is 1050. The Morgan fingerprint density at radius 1 is 0.900 bits per heavy atom. The minimum atomic E-state index is -0.840. The second kappa shape index (κ2) is 6.98. The average molecular weight is 408 g/mol. The first-order valence-corrected chi connectivity index (χ1v) is 9.44. The van der Waals surface area contributed by atoms with Gasteiger partial charge in [0.15, 0.2) is 0 Å². The van der Waals surface area contributed by atoms with Crippen LogP contribution < -0.4 is 0 Å². The molecule has 0 aliphatic carbocycles. The standard InChI is InChI=1S/C22H20N2O6/c1-22(2,3)29-21(28)23-11-13-7-6-10-16(17(13)12-23)20(27)30-24-18(25)14-8-4-5-9-15(14)19(24)26/h4-10H,11-12H2,1-3H3. The van der Waals surface area contributed by atoms with Crippen molar-refractivity contribution in [2.24, 2.45) is 0 Å². The molecule has 0 bridgehead atoms. The summed E-state index contributed by atoms with van der Waals surface area (Å²) >= 11 is 0. The Balaban J connectivity index is 1.53. The zero-order valence-electron chi connectivity index (χ0n) is 16.8. The highest BCUT2D eigenvalue weighted by Gasteiger charge is 2.39. The van der Waals surface area contributed by atoms with Crippen LogP contribution in [0.3, 0.4) is 0 Å². The third-order valence-electron chi connectivity index (χ3n) is 4.79. The summed E-state index contributed by atoms with van der Waals surface area (Å²) in [7, 11) is 0. The lowest BCUT2D eigenvalue weighted by Crippen LogP contribution is -2.34. The number of imide groups is 1. The van der Waals surface area contributed by atoms with Gasteiger partial charge in [0.2, 0.25) is 0 Å². The van der Waals surface area contributed by atoms with E-state index in [0.717, 1.165) is 5.56 Å². The number of carbonyl (C=O) groups is 4. The molecule has 0 aromatic heterocycles. The molecule has 8 nitrogen and oxygen atoms in total. The molecule has 0 saturated heterocycles. The van der Waals surface area contributed by atoms with Crippen LogP contribution >= 0.6 is 0 Å². The topological polar surface area (TPSA) is 93.2 Å². The predicted octanol–water partition coefficient (Wildman–Crippen LogP) is 3.31. The van der Waals surface area contributed by atoms with E-state index >= 15 is 0 Å². The van der Waals surface area contributed by atoms with Crippen LogP contribution in [0.1, 0.15) is 63.0 Å². The summed E-state index contributed by atoms with van der Waals surface area (Å²) < 4.78 is 5.40. The zero-order valence-corrected chi connectivity index (χ0v) is 16.8. The Hall–Kier alpha value is -3.68. The molecular formula is C22H20N2O6. The van der Waals surface area contributed by atoms with Crippen LogP contribution in [0.25, 0.3) is 0 Å². The van der Waals surface area contributed by atoms with Gasteiger partial charge in [-0.15, -0.1) is 0 Å². The lowest BCUT2D eigenvalue weighted by molar-refractivity contribution is -0.0585. The van der Waals surface area contributed by atoms with Gasteiger partial charge in [0, 0.05) is 6.54 Å². The summed E-state index contributed by atoms with van der Waals surface area (Å²) in [6.45, 7) is 5.78. The van der Waals surface area contributed by atoms with Gasteiger partial charge in [0.1, 0.15) is 5.60 Å². The number of nitrogens with zero attached hydrogens (tertiary/aromatic N) is 2. The van der Waals surface area contributed by atoms with Crippen molar-refractivity contribution in [3.05, 3.63) is 70.3 Å². The van der Waals surface area contributed by atoms with Crippen LogP contribution in [0.15, 0.2) is 42.5 Å². The van der Waals surface area contributed by atoms with Crippen LogP contribution in [-0.2, 0) is 22.7 Å². The van der Waals surface area contributed by atoms with Gasteiger partial charge in [0.05, 0.1) is 23.2 Å². The Kier molecular flexibility index (Phi) is 4.57. The van der Waals surface area contributed by atoms with Gasteiger partial charge in [-0.25, -0.2) is 9.59 Å². The first kappa shape index (κ1) is 19.6. The quantitative estimate of drug-likeness (QED) is 0.708. The molecule has 8 heteroatoms. The number of hydrogen-bond donors (Lipinski definition) is 0. The zero-order chi connectivity index (χ0) is 21.6. The van der Waals surface area contributed by atoms with Gasteiger partial charge < -0.3 is 9.57 Å². The maximum atomic E-state index is 12.8. The summed E-state index contributed by atoms with van der Waals surface area (Å²) in [6.07, 6.45) is -0.488. The SMILES string of the molecule is CC(C)(C)OC(=O)N1Cc2cccc(C(=O)ON3C(=O)c4ccccc4C3=O)c2C1. The molecule has 2 aromatic carbocycles. The number of ether oxygens (including phenoxy) is 1. The third-order valence-corrected chi connectivity index (χ3v) is 4.79. The lowest BCUT2D eigenvalue weighted by Gasteiger charge is -2.24. The van der Waals surface area contributed by atoms with Crippen LogP contribution in [0.4, 0.5) is 4.79 Å². The molecule has 0 unspecified atom stereocenters. The van der Waals surface area contributed by atoms with Crippen molar-refractivity contribution in [3.63, 3.8) is 0 Å². The molecule has 2 aliphatic heterocycles. The summed E-state index contributed by atoms with van der Waals surface area (Å²) in [5, 5.41) is 0.479. The largest absolute Gasteiger partial charge is 0.444 e. The number of benzene rings is 2. The number of fused-ring (bicyclic) bond motifs is 2. The van der Waals surface area contributed by atoms with Crippen molar-refractivity contribution in [2.45, 2.75) is 39.5 Å². The van der Waals surface area contributed by atoms with E-state index in [1.807, 2.05) is 0 Å². The van der Waals surface area contributed by atoms with E-state index in [0.29, 0.717) is 17.2 Å². The van der Waals surface area contributed by atoms with Gasteiger partial charge in [-0.1, -0.05) is 29.3 Å². The summed E-state index contributed by atoms with van der Waals surface area (Å²) in [5.41, 5.74) is 1.30. The minimum absolute atomic E-state index is 0.164. The first-order chi connectivity index (χ1) is 14.2. The molecular weight excluding hydrogens is 388 g/mol. The minimum Gasteiger partial charge on any atom is -0.444 e. The predicted molar refractivity (Wildman–Crippen MR) is 104 cm³/mol. The van der Waals surface area contributed by atoms with Gasteiger partial charge >= 0.3 is 12.1 Å². The van der Waals surface area contributed by atoms with Crippen molar-refractivity contribution in [1.29, 1.82) is 0 Å². The fourth-order valence-corrected chi connectivity index (χ4v) is 3.45. The molecule has 0 fully saturated rings. The monoisotopic (exact) mass is 408 g/mol. The maximum Gasteiger partial charge on any atom is 0.410 e. The van der Waals surface area contributed by atoms with Gasteiger partial charge in [-0.05, 0) is 50.1 Å². The lowest BCUT2D eigenvalue weighted by atomic mass is 10.0. The second-order valence-electron chi connectivity index (χ2n) is 8.11. The third kappa shape index (κ3) is 3.41. The van der Waals surface area contributed by atoms with Crippen molar-refractivity contribution in [1.82, 2.24) is 9.96 Å². The van der Waals surface area contributed by atoms with Gasteiger partial charge in [-0.2, -0.15) is 0 Å². The van der Waals surface area contributed by atoms with Gasteiger partial charge in [0.25, 0.3) is 11.8 Å². The highest BCUT2D eigenvalue weighted by Crippen LogP contribution is 2.29. The first-order valence-electron chi connectivity index (χ1n) is 9.44. The number of carbonyl (C=O) groups excluding carboxylic acids is 4. The average Bonchev–Trinajstić information content (AvgIpc) is 3.22. The molecule has 0 radical (unpaired) electrons. The normalized spacial score (nSPS) is 15.2. The van der Waals surface area contributed by atoms with E-state index in [1.54, 1.807) is 45.0 Å². The van der Waals surface area contributed by atoms with Crippen molar-refractivity contribution in [2.75, 3.05) is 0 Å². The van der Waals surface area contributed by atoms with E-state index in [2.05, 4.69) is 0 Å². The van der Waals surface area contributed by atoms with E-state index in [9.17, 15) is 19.2 Å². The molecule has 154 valence electrons. The summed E-state index contributed by atoms with van der Waals surface area (Å²) in [4.78, 5) is 56.7. The number of hydroxylamine groups is 2. The fourth-order valence-electron chi connectivity index (χ4n) is 3.45. The highest BCUT2D eigenvalue weighted by molar-refractivity contribution is 6.21. The second-order valence-corrected chi connectivity index (χ2v) is 8.11. The molecule has 3 amide bonds. The number of amides is 3. The van der Waals surface area contributed by atoms with Crippen molar-refractivity contribution < 1.29 is 28.8 Å². The smallest absolute Gasteiger partial charge is 0.410 e. The molecule has 2 heterocycles. The van der Waals surface area contributed by atoms with E-state index in [-0.39, 0.29) is 23.2 Å². The summed E-state index contributed by atoms with van der Waals surface area (Å²) in [5.74, 6) is -2.22. The Labute approximate surface area is 172 Å². The molecule has 4 rings (SSSR count). The van der Waals surface area contributed by atoms with Crippen LogP contribution in [-0.4, -0.2) is 39.4 Å². The molecule has 2 aliphatic rings. The molecule has 2 aromatic rings. The van der Waals surface area contributed by atoms with Crippen LogP contribution in [0, 0.1) is 0 Å². The van der Waals surface area contributed by atoms with Gasteiger partial charge in [-0.3, -0.25) is 14.5 Å². The molecule has 0 atom stereocenters. The number of hydrogen-bond acceptors (Lipinski definition) is 6. The number of rotatable bonds is 2. The van der Waals surface area contributed by atoms with Crippen LogP contribution in [0.5, 0.6) is 0 Å². The van der Waals surface area contributed by atoms with Crippen molar-refractivity contribution >= 4 is 23.9 Å². The van der Waals surface area contributed by atoms with E-state index < -0.39 is 29.5 Å². The molecule has 0 saturated carbocycles. The molecule has 0 N–H and O–H groups in total. The Morgan fingerprint density at radius 2 is 1.53 bits per heavy atom. The van der Waals surface area contributed by atoms with E-state index in [1.165, 1.54) is 23.1 Å². The van der Waals surface area contributed by atoms with E-state index in [4.69, 9.17) is 9.57 Å². The highest BCUT2D eigenvalue weighted by atomic mass is 16.7. The van der Waals surface area contributed by atoms with Crippen LogP contribution in [0.2, 0.25) is 0 Å². The summed E-state index contributed by atoms with van der Waals surface area (Å²) in [6, 6.07) is 11.3.